The van der Waals surface area contributed by atoms with E-state index in [0.717, 1.165) is 28.5 Å². The zero-order valence-corrected chi connectivity index (χ0v) is 17.2. The molecule has 32 heavy (non-hydrogen) atoms. The topological polar surface area (TPSA) is 77.1 Å². The van der Waals surface area contributed by atoms with Gasteiger partial charge in [-0.05, 0) is 42.5 Å². The predicted octanol–water partition coefficient (Wildman–Crippen LogP) is 4.41. The van der Waals surface area contributed by atoms with Crippen LogP contribution in [0, 0.1) is 0 Å². The molecule has 0 saturated carbocycles. The lowest BCUT2D eigenvalue weighted by Gasteiger charge is -2.15. The Morgan fingerprint density at radius 3 is 2.66 bits per heavy atom. The summed E-state index contributed by atoms with van der Waals surface area (Å²) >= 11 is 0.957. The minimum Gasteiger partial charge on any atom is -0.467 e. The standard InChI is InChI=1S/C22H16F3N3O3S/c23-22(24,25)14-5-3-6-15(11-14)28-20(30)17-8-1-2-9-18(17)27-21(28)32-13-19(29)26-12-16-7-4-10-31-16/h1-11H,12-13H2,(H,26,29). The fourth-order valence-electron chi connectivity index (χ4n) is 3.04. The second kappa shape index (κ2) is 8.91. The van der Waals surface area contributed by atoms with Crippen LogP contribution in [0.3, 0.4) is 0 Å². The first-order chi connectivity index (χ1) is 15.3. The molecule has 2 heterocycles. The Labute approximate surface area is 184 Å². The Morgan fingerprint density at radius 1 is 1.09 bits per heavy atom. The highest BCUT2D eigenvalue weighted by molar-refractivity contribution is 7.99. The summed E-state index contributed by atoms with van der Waals surface area (Å²) in [7, 11) is 0. The van der Waals surface area contributed by atoms with Crippen LogP contribution in [0.1, 0.15) is 11.3 Å². The first kappa shape index (κ1) is 21.7. The van der Waals surface area contributed by atoms with E-state index in [1.54, 1.807) is 36.4 Å². The minimum absolute atomic E-state index is 0.0153. The summed E-state index contributed by atoms with van der Waals surface area (Å²) in [6, 6.07) is 14.4. The van der Waals surface area contributed by atoms with Crippen molar-refractivity contribution in [2.75, 3.05) is 5.75 Å². The van der Waals surface area contributed by atoms with Gasteiger partial charge in [0.15, 0.2) is 5.16 Å². The number of carbonyl (C=O) groups excluding carboxylic acids is 1. The van der Waals surface area contributed by atoms with E-state index in [-0.39, 0.29) is 34.4 Å². The number of fused-ring (bicyclic) bond motifs is 1. The van der Waals surface area contributed by atoms with Crippen molar-refractivity contribution >= 4 is 28.6 Å². The normalized spacial score (nSPS) is 11.6. The Hall–Kier alpha value is -3.53. The number of alkyl halides is 3. The average Bonchev–Trinajstić information content (AvgIpc) is 3.30. The number of amides is 1. The van der Waals surface area contributed by atoms with E-state index >= 15 is 0 Å². The van der Waals surface area contributed by atoms with Gasteiger partial charge in [-0.1, -0.05) is 30.0 Å². The van der Waals surface area contributed by atoms with Gasteiger partial charge in [0, 0.05) is 0 Å². The Kier molecular flexibility index (Phi) is 6.04. The van der Waals surface area contributed by atoms with E-state index in [0.29, 0.717) is 11.3 Å². The van der Waals surface area contributed by atoms with Crippen molar-refractivity contribution < 1.29 is 22.4 Å². The third-order valence-corrected chi connectivity index (χ3v) is 5.49. The second-order valence-electron chi connectivity index (χ2n) is 6.74. The molecule has 2 aromatic heterocycles. The molecule has 0 unspecified atom stereocenters. The van der Waals surface area contributed by atoms with E-state index in [1.165, 1.54) is 18.4 Å². The highest BCUT2D eigenvalue weighted by Gasteiger charge is 2.31. The number of nitrogens with one attached hydrogen (secondary N) is 1. The molecule has 0 aliphatic rings. The molecular formula is C22H16F3N3O3S. The smallest absolute Gasteiger partial charge is 0.416 e. The number of nitrogens with zero attached hydrogens (tertiary/aromatic N) is 2. The first-order valence-corrected chi connectivity index (χ1v) is 10.4. The summed E-state index contributed by atoms with van der Waals surface area (Å²) in [5.74, 6) is 0.141. The van der Waals surface area contributed by atoms with Crippen molar-refractivity contribution in [2.45, 2.75) is 17.9 Å². The molecule has 0 aliphatic carbocycles. The van der Waals surface area contributed by atoms with Crippen molar-refractivity contribution in [1.29, 1.82) is 0 Å². The van der Waals surface area contributed by atoms with Crippen molar-refractivity contribution in [3.63, 3.8) is 0 Å². The number of halogens is 3. The van der Waals surface area contributed by atoms with E-state index < -0.39 is 17.3 Å². The first-order valence-electron chi connectivity index (χ1n) is 9.44. The number of carbonyl (C=O) groups is 1. The van der Waals surface area contributed by atoms with E-state index in [1.807, 2.05) is 0 Å². The molecule has 0 aliphatic heterocycles. The summed E-state index contributed by atoms with van der Waals surface area (Å²) < 4.78 is 45.9. The van der Waals surface area contributed by atoms with Crippen molar-refractivity contribution in [3.05, 3.63) is 88.6 Å². The van der Waals surface area contributed by atoms with Crippen LogP contribution in [0.4, 0.5) is 13.2 Å². The number of hydrogen-bond acceptors (Lipinski definition) is 5. The van der Waals surface area contributed by atoms with Gasteiger partial charge in [-0.2, -0.15) is 13.2 Å². The molecule has 0 fully saturated rings. The van der Waals surface area contributed by atoms with Gasteiger partial charge in [0.1, 0.15) is 5.76 Å². The third kappa shape index (κ3) is 4.70. The molecule has 4 rings (SSSR count). The van der Waals surface area contributed by atoms with Crippen molar-refractivity contribution in [3.8, 4) is 5.69 Å². The molecule has 6 nitrogen and oxygen atoms in total. The van der Waals surface area contributed by atoms with Crippen LogP contribution in [0.25, 0.3) is 16.6 Å². The highest BCUT2D eigenvalue weighted by atomic mass is 32.2. The molecule has 164 valence electrons. The molecule has 0 radical (unpaired) electrons. The van der Waals surface area contributed by atoms with Crippen molar-refractivity contribution in [1.82, 2.24) is 14.9 Å². The molecule has 0 saturated heterocycles. The predicted molar refractivity (Wildman–Crippen MR) is 114 cm³/mol. The number of thioether (sulfide) groups is 1. The molecule has 2 aromatic carbocycles. The van der Waals surface area contributed by atoms with Gasteiger partial charge in [-0.15, -0.1) is 0 Å². The lowest BCUT2D eigenvalue weighted by molar-refractivity contribution is -0.137. The number of benzene rings is 2. The Bertz CT molecular complexity index is 1320. The fourth-order valence-corrected chi connectivity index (χ4v) is 3.88. The van der Waals surface area contributed by atoms with Crippen LogP contribution in [-0.2, 0) is 17.5 Å². The Balaban J connectivity index is 1.68. The van der Waals surface area contributed by atoms with Gasteiger partial charge in [-0.25, -0.2) is 4.98 Å². The lowest BCUT2D eigenvalue weighted by atomic mass is 10.2. The highest BCUT2D eigenvalue weighted by Crippen LogP contribution is 2.31. The molecule has 0 atom stereocenters. The summed E-state index contributed by atoms with van der Waals surface area (Å²) in [5, 5.41) is 3.05. The summed E-state index contributed by atoms with van der Waals surface area (Å²) in [6.45, 7) is 0.192. The fraction of sp³-hybridized carbons (Fsp3) is 0.136. The quantitative estimate of drug-likeness (QED) is 0.342. The van der Waals surface area contributed by atoms with E-state index in [2.05, 4.69) is 10.3 Å². The minimum atomic E-state index is -4.57. The van der Waals surface area contributed by atoms with Gasteiger partial charge < -0.3 is 9.73 Å². The zero-order valence-electron chi connectivity index (χ0n) is 16.4. The van der Waals surface area contributed by atoms with Crippen LogP contribution in [0.15, 0.2) is 81.3 Å². The van der Waals surface area contributed by atoms with Gasteiger partial charge in [-0.3, -0.25) is 14.2 Å². The van der Waals surface area contributed by atoms with Crippen LogP contribution in [0.5, 0.6) is 0 Å². The Morgan fingerprint density at radius 2 is 1.91 bits per heavy atom. The van der Waals surface area contributed by atoms with Crippen LogP contribution in [0.2, 0.25) is 0 Å². The van der Waals surface area contributed by atoms with Crippen molar-refractivity contribution in [2.24, 2.45) is 0 Å². The molecule has 0 spiro atoms. The molecule has 1 amide bonds. The van der Waals surface area contributed by atoms with Gasteiger partial charge in [0.2, 0.25) is 5.91 Å². The molecule has 10 heteroatoms. The lowest BCUT2D eigenvalue weighted by Crippen LogP contribution is -2.26. The van der Waals surface area contributed by atoms with Crippen LogP contribution < -0.4 is 10.9 Å². The summed E-state index contributed by atoms with van der Waals surface area (Å²) in [6.07, 6.45) is -3.08. The van der Waals surface area contributed by atoms with Crippen LogP contribution in [-0.4, -0.2) is 21.2 Å². The molecule has 0 bridgehead atoms. The maximum absolute atomic E-state index is 13.2. The number of furan rings is 1. The summed E-state index contributed by atoms with van der Waals surface area (Å²) in [4.78, 5) is 29.8. The van der Waals surface area contributed by atoms with E-state index in [4.69, 9.17) is 4.42 Å². The molecule has 1 N–H and O–H groups in total. The number of aromatic nitrogens is 2. The number of para-hydroxylation sites is 1. The maximum atomic E-state index is 13.2. The number of hydrogen-bond donors (Lipinski definition) is 1. The molecular weight excluding hydrogens is 443 g/mol. The average molecular weight is 459 g/mol. The molecule has 4 aromatic rings. The monoisotopic (exact) mass is 459 g/mol. The van der Waals surface area contributed by atoms with Gasteiger partial charge in [0.05, 0.1) is 40.7 Å². The maximum Gasteiger partial charge on any atom is 0.416 e. The van der Waals surface area contributed by atoms with E-state index in [9.17, 15) is 22.8 Å². The van der Waals surface area contributed by atoms with Gasteiger partial charge >= 0.3 is 6.18 Å². The summed E-state index contributed by atoms with van der Waals surface area (Å²) in [5.41, 5.74) is -1.00. The van der Waals surface area contributed by atoms with Gasteiger partial charge in [0.25, 0.3) is 5.56 Å². The SMILES string of the molecule is O=C(CSc1nc2ccccc2c(=O)n1-c1cccc(C(F)(F)F)c1)NCc1ccco1. The largest absolute Gasteiger partial charge is 0.467 e. The van der Waals surface area contributed by atoms with Crippen LogP contribution >= 0.6 is 11.8 Å². The second-order valence-corrected chi connectivity index (χ2v) is 7.69. The third-order valence-electron chi connectivity index (χ3n) is 4.55. The zero-order chi connectivity index (χ0) is 22.7. The number of rotatable bonds is 6.